The van der Waals surface area contributed by atoms with Gasteiger partial charge < -0.3 is 20.9 Å². The fraction of sp³-hybridized carbons (Fsp3) is 0.571. The highest BCUT2D eigenvalue weighted by molar-refractivity contribution is 5.92. The van der Waals surface area contributed by atoms with E-state index in [-0.39, 0.29) is 5.91 Å². The summed E-state index contributed by atoms with van der Waals surface area (Å²) in [5, 5.41) is 9.27. The molecule has 0 bridgehead atoms. The van der Waals surface area contributed by atoms with E-state index in [1.807, 2.05) is 6.07 Å². The first-order valence-electron chi connectivity index (χ1n) is 7.14. The Morgan fingerprint density at radius 3 is 3.00 bits per heavy atom. The van der Waals surface area contributed by atoms with E-state index in [0.29, 0.717) is 5.69 Å². The average Bonchev–Trinajstić information content (AvgIpc) is 2.52. The molecule has 1 aromatic heterocycles. The predicted molar refractivity (Wildman–Crippen MR) is 80.0 cm³/mol. The van der Waals surface area contributed by atoms with Gasteiger partial charge in [-0.25, -0.2) is 0 Å². The number of nitrogens with zero attached hydrogens (tertiary/aromatic N) is 2. The number of aromatic nitrogens is 1. The molecule has 1 aromatic rings. The summed E-state index contributed by atoms with van der Waals surface area (Å²) in [6.07, 6.45) is 2.75. The Balaban J connectivity index is 1.72. The fourth-order valence-corrected chi connectivity index (χ4v) is 2.26. The number of nitrogens with one attached hydrogen (secondary N) is 3. The zero-order valence-corrected chi connectivity index (χ0v) is 12.0. The first-order chi connectivity index (χ1) is 9.79. The van der Waals surface area contributed by atoms with Crippen LogP contribution in [0, 0.1) is 0 Å². The Morgan fingerprint density at radius 1 is 1.45 bits per heavy atom. The average molecular weight is 277 g/mol. The van der Waals surface area contributed by atoms with Crippen molar-refractivity contribution in [3.63, 3.8) is 0 Å². The minimum atomic E-state index is -0.158. The number of anilines is 1. The quantitative estimate of drug-likeness (QED) is 0.646. The first-order valence-corrected chi connectivity index (χ1v) is 7.14. The molecule has 1 aliphatic rings. The van der Waals surface area contributed by atoms with Gasteiger partial charge in [0.2, 0.25) is 0 Å². The molecule has 0 aromatic carbocycles. The van der Waals surface area contributed by atoms with Crippen molar-refractivity contribution in [1.29, 1.82) is 0 Å². The van der Waals surface area contributed by atoms with Crippen molar-refractivity contribution < 1.29 is 4.79 Å². The lowest BCUT2D eigenvalue weighted by atomic mass is 10.3. The van der Waals surface area contributed by atoms with Gasteiger partial charge in [0.15, 0.2) is 0 Å². The Hall–Kier alpha value is -1.66. The molecule has 6 nitrogen and oxygen atoms in total. The van der Waals surface area contributed by atoms with E-state index >= 15 is 0 Å². The molecular formula is C14H23N5O. The van der Waals surface area contributed by atoms with Crippen LogP contribution >= 0.6 is 0 Å². The molecular weight excluding hydrogens is 254 g/mol. The number of pyridine rings is 1. The van der Waals surface area contributed by atoms with Crippen LogP contribution in [-0.2, 0) is 0 Å². The molecule has 1 amide bonds. The maximum absolute atomic E-state index is 11.5. The normalized spacial score (nSPS) is 15.8. The van der Waals surface area contributed by atoms with Crippen LogP contribution in [0.2, 0.25) is 0 Å². The lowest BCUT2D eigenvalue weighted by molar-refractivity contribution is 0.0958. The number of amides is 1. The lowest BCUT2D eigenvalue weighted by Crippen LogP contribution is -2.44. The summed E-state index contributed by atoms with van der Waals surface area (Å²) in [6, 6.07) is 3.67. The van der Waals surface area contributed by atoms with E-state index in [1.54, 1.807) is 19.3 Å². The molecule has 110 valence electrons. The molecule has 3 N–H and O–H groups in total. The number of carbonyl (C=O) groups is 1. The number of carbonyl (C=O) groups excluding carboxylic acids is 1. The van der Waals surface area contributed by atoms with Gasteiger partial charge in [-0.3, -0.25) is 9.78 Å². The molecule has 2 rings (SSSR count). The van der Waals surface area contributed by atoms with Crippen LogP contribution in [0.4, 0.5) is 5.69 Å². The summed E-state index contributed by atoms with van der Waals surface area (Å²) >= 11 is 0. The van der Waals surface area contributed by atoms with Gasteiger partial charge in [-0.15, -0.1) is 0 Å². The Kier molecular flexibility index (Phi) is 5.76. The molecule has 0 unspecified atom stereocenters. The van der Waals surface area contributed by atoms with E-state index in [4.69, 9.17) is 0 Å². The number of piperazine rings is 1. The molecule has 20 heavy (non-hydrogen) atoms. The SMILES string of the molecule is CNC(=O)c1cc(NCCCN2CCNCC2)ccn1. The Labute approximate surface area is 120 Å². The first kappa shape index (κ1) is 14.7. The molecule has 6 heteroatoms. The van der Waals surface area contributed by atoms with Crippen molar-refractivity contribution in [3.8, 4) is 0 Å². The van der Waals surface area contributed by atoms with Crippen LogP contribution in [0.15, 0.2) is 18.3 Å². The Bertz CT molecular complexity index is 431. The van der Waals surface area contributed by atoms with Crippen molar-refractivity contribution in [2.45, 2.75) is 6.42 Å². The second-order valence-corrected chi connectivity index (χ2v) is 4.88. The summed E-state index contributed by atoms with van der Waals surface area (Å²) < 4.78 is 0. The van der Waals surface area contributed by atoms with Gasteiger partial charge in [0.25, 0.3) is 5.91 Å². The van der Waals surface area contributed by atoms with Crippen molar-refractivity contribution >= 4 is 11.6 Å². The highest BCUT2D eigenvalue weighted by Gasteiger charge is 2.08. The zero-order chi connectivity index (χ0) is 14.2. The van der Waals surface area contributed by atoms with E-state index in [1.165, 1.54) is 0 Å². The van der Waals surface area contributed by atoms with Crippen LogP contribution in [0.25, 0.3) is 0 Å². The third kappa shape index (κ3) is 4.47. The van der Waals surface area contributed by atoms with Crippen LogP contribution in [0.1, 0.15) is 16.9 Å². The van der Waals surface area contributed by atoms with E-state index in [9.17, 15) is 4.79 Å². The molecule has 0 atom stereocenters. The minimum Gasteiger partial charge on any atom is -0.385 e. The summed E-state index contributed by atoms with van der Waals surface area (Å²) in [5.74, 6) is -0.158. The van der Waals surface area contributed by atoms with Gasteiger partial charge in [-0.1, -0.05) is 0 Å². The van der Waals surface area contributed by atoms with Crippen molar-refractivity contribution in [2.24, 2.45) is 0 Å². The van der Waals surface area contributed by atoms with Gasteiger partial charge in [0, 0.05) is 51.7 Å². The van der Waals surface area contributed by atoms with Crippen molar-refractivity contribution in [3.05, 3.63) is 24.0 Å². The van der Waals surface area contributed by atoms with Gasteiger partial charge in [0.05, 0.1) is 0 Å². The maximum atomic E-state index is 11.5. The fourth-order valence-electron chi connectivity index (χ4n) is 2.26. The van der Waals surface area contributed by atoms with Crippen molar-refractivity contribution in [1.82, 2.24) is 20.5 Å². The summed E-state index contributed by atoms with van der Waals surface area (Å²) in [7, 11) is 1.61. The molecule has 1 saturated heterocycles. The molecule has 0 saturated carbocycles. The molecule has 0 aliphatic carbocycles. The minimum absolute atomic E-state index is 0.158. The van der Waals surface area contributed by atoms with Gasteiger partial charge in [0.1, 0.15) is 5.69 Å². The standard InChI is InChI=1S/C14H23N5O/c1-15-14(20)13-11-12(3-5-18-13)17-4-2-8-19-9-6-16-7-10-19/h3,5,11,16H,2,4,6-10H2,1H3,(H,15,20)(H,17,18). The molecule has 1 aliphatic heterocycles. The highest BCUT2D eigenvalue weighted by Crippen LogP contribution is 2.08. The number of hydrogen-bond acceptors (Lipinski definition) is 5. The maximum Gasteiger partial charge on any atom is 0.269 e. The molecule has 0 spiro atoms. The smallest absolute Gasteiger partial charge is 0.269 e. The van der Waals surface area contributed by atoms with Gasteiger partial charge in [-0.2, -0.15) is 0 Å². The molecule has 1 fully saturated rings. The highest BCUT2D eigenvalue weighted by atomic mass is 16.1. The van der Waals surface area contributed by atoms with Crippen LogP contribution < -0.4 is 16.0 Å². The van der Waals surface area contributed by atoms with Crippen LogP contribution in [0.5, 0.6) is 0 Å². The monoisotopic (exact) mass is 277 g/mol. The predicted octanol–water partition coefficient (Wildman–Crippen LogP) is 0.148. The van der Waals surface area contributed by atoms with E-state index in [0.717, 1.165) is 51.4 Å². The zero-order valence-electron chi connectivity index (χ0n) is 12.0. The third-order valence-corrected chi connectivity index (χ3v) is 3.41. The van der Waals surface area contributed by atoms with Gasteiger partial charge >= 0.3 is 0 Å². The van der Waals surface area contributed by atoms with Gasteiger partial charge in [-0.05, 0) is 25.1 Å². The topological polar surface area (TPSA) is 69.3 Å². The summed E-state index contributed by atoms with van der Waals surface area (Å²) in [6.45, 7) is 6.47. The Morgan fingerprint density at radius 2 is 2.25 bits per heavy atom. The largest absolute Gasteiger partial charge is 0.385 e. The van der Waals surface area contributed by atoms with E-state index < -0.39 is 0 Å². The third-order valence-electron chi connectivity index (χ3n) is 3.41. The summed E-state index contributed by atoms with van der Waals surface area (Å²) in [5.41, 5.74) is 1.39. The second kappa shape index (κ2) is 7.81. The molecule has 0 radical (unpaired) electrons. The lowest BCUT2D eigenvalue weighted by Gasteiger charge is -2.27. The number of hydrogen-bond donors (Lipinski definition) is 3. The van der Waals surface area contributed by atoms with E-state index in [2.05, 4.69) is 25.8 Å². The van der Waals surface area contributed by atoms with Crippen LogP contribution in [-0.4, -0.2) is 62.1 Å². The summed E-state index contributed by atoms with van der Waals surface area (Å²) in [4.78, 5) is 18.0. The second-order valence-electron chi connectivity index (χ2n) is 4.88. The van der Waals surface area contributed by atoms with Crippen molar-refractivity contribution in [2.75, 3.05) is 51.6 Å². The van der Waals surface area contributed by atoms with Crippen LogP contribution in [0.3, 0.4) is 0 Å². The number of rotatable bonds is 6. The molecule has 2 heterocycles.